The van der Waals surface area contributed by atoms with Crippen LogP contribution in [-0.2, 0) is 11.3 Å². The number of carbonyl (C=O) groups excluding carboxylic acids is 2. The van der Waals surface area contributed by atoms with E-state index in [9.17, 15) is 14.4 Å². The van der Waals surface area contributed by atoms with Gasteiger partial charge in [-0.05, 0) is 43.7 Å². The Morgan fingerprint density at radius 2 is 1.86 bits per heavy atom. The number of hydrogen-bond donors (Lipinski definition) is 3. The van der Waals surface area contributed by atoms with Crippen LogP contribution >= 0.6 is 0 Å². The Hall–Kier alpha value is -3.81. The average molecular weight is 394 g/mol. The second-order valence-electron chi connectivity index (χ2n) is 6.61. The van der Waals surface area contributed by atoms with Crippen LogP contribution in [0.3, 0.4) is 0 Å². The summed E-state index contributed by atoms with van der Waals surface area (Å²) in [4.78, 5) is 35.8. The quantitative estimate of drug-likeness (QED) is 0.555. The standard InChI is InChI=1S/C21H22N4O4/c1-14-6-8-17(15(2)11-14)22-12-19(26)23-24-21(28)18-9-7-16(29-18)13-25-10-4-3-5-20(25)27/h3-11,22H,12-13H2,1-2H3,(H,23,26)(H,24,28). The number of hydrazine groups is 1. The summed E-state index contributed by atoms with van der Waals surface area (Å²) in [6, 6.07) is 13.8. The molecule has 0 aliphatic rings. The van der Waals surface area contributed by atoms with Gasteiger partial charge in [-0.25, -0.2) is 0 Å². The third-order valence-corrected chi connectivity index (χ3v) is 4.25. The van der Waals surface area contributed by atoms with E-state index in [1.54, 1.807) is 24.4 Å². The van der Waals surface area contributed by atoms with E-state index in [1.165, 1.54) is 16.7 Å². The zero-order valence-corrected chi connectivity index (χ0v) is 16.2. The van der Waals surface area contributed by atoms with Gasteiger partial charge in [-0.1, -0.05) is 23.8 Å². The van der Waals surface area contributed by atoms with Crippen molar-refractivity contribution in [2.24, 2.45) is 0 Å². The predicted octanol–water partition coefficient (Wildman–Crippen LogP) is 1.98. The average Bonchev–Trinajstić information content (AvgIpc) is 3.16. The number of hydrogen-bond acceptors (Lipinski definition) is 5. The molecule has 3 aromatic rings. The summed E-state index contributed by atoms with van der Waals surface area (Å²) in [5.74, 6) is -0.504. The van der Waals surface area contributed by atoms with Crippen LogP contribution in [0.1, 0.15) is 27.4 Å². The Morgan fingerprint density at radius 3 is 2.62 bits per heavy atom. The van der Waals surface area contributed by atoms with Crippen LogP contribution in [0.15, 0.2) is 63.9 Å². The lowest BCUT2D eigenvalue weighted by Gasteiger charge is -2.11. The van der Waals surface area contributed by atoms with Crippen LogP contribution in [0.4, 0.5) is 5.69 Å². The first-order chi connectivity index (χ1) is 13.9. The maximum absolute atomic E-state index is 12.1. The van der Waals surface area contributed by atoms with E-state index in [1.807, 2.05) is 32.0 Å². The van der Waals surface area contributed by atoms with Crippen molar-refractivity contribution in [2.75, 3.05) is 11.9 Å². The number of aromatic nitrogens is 1. The number of nitrogens with one attached hydrogen (secondary N) is 3. The minimum atomic E-state index is -0.587. The minimum absolute atomic E-state index is 0.00447. The van der Waals surface area contributed by atoms with E-state index in [0.717, 1.165) is 16.8 Å². The van der Waals surface area contributed by atoms with Gasteiger partial charge < -0.3 is 14.3 Å². The van der Waals surface area contributed by atoms with Crippen LogP contribution in [-0.4, -0.2) is 22.9 Å². The number of rotatable bonds is 6. The lowest BCUT2D eigenvalue weighted by molar-refractivity contribution is -0.120. The molecule has 0 radical (unpaired) electrons. The lowest BCUT2D eigenvalue weighted by atomic mass is 10.1. The van der Waals surface area contributed by atoms with Crippen molar-refractivity contribution in [1.29, 1.82) is 0 Å². The summed E-state index contributed by atoms with van der Waals surface area (Å²) in [6.45, 7) is 4.16. The molecule has 2 amide bonds. The van der Waals surface area contributed by atoms with Crippen molar-refractivity contribution in [3.63, 3.8) is 0 Å². The first kappa shape index (κ1) is 19.9. The Balaban J connectivity index is 1.49. The summed E-state index contributed by atoms with van der Waals surface area (Å²) in [6.07, 6.45) is 1.63. The molecular weight excluding hydrogens is 372 g/mol. The monoisotopic (exact) mass is 394 g/mol. The molecule has 150 valence electrons. The summed E-state index contributed by atoms with van der Waals surface area (Å²) < 4.78 is 6.91. The Morgan fingerprint density at radius 1 is 1.03 bits per heavy atom. The van der Waals surface area contributed by atoms with Gasteiger partial charge in [-0.2, -0.15) is 0 Å². The van der Waals surface area contributed by atoms with Gasteiger partial charge in [0.05, 0.1) is 13.1 Å². The van der Waals surface area contributed by atoms with Crippen LogP contribution in [0.2, 0.25) is 0 Å². The van der Waals surface area contributed by atoms with Crippen molar-refractivity contribution >= 4 is 17.5 Å². The molecule has 3 rings (SSSR count). The third-order valence-electron chi connectivity index (χ3n) is 4.25. The zero-order valence-electron chi connectivity index (χ0n) is 16.2. The fraction of sp³-hybridized carbons (Fsp3) is 0.190. The van der Waals surface area contributed by atoms with Gasteiger partial charge in [0.2, 0.25) is 0 Å². The molecule has 2 heterocycles. The van der Waals surface area contributed by atoms with E-state index < -0.39 is 11.8 Å². The molecule has 8 heteroatoms. The van der Waals surface area contributed by atoms with Gasteiger partial charge in [0.1, 0.15) is 5.76 Å². The van der Waals surface area contributed by atoms with Crippen LogP contribution in [0.5, 0.6) is 0 Å². The van der Waals surface area contributed by atoms with Gasteiger partial charge in [-0.15, -0.1) is 0 Å². The summed E-state index contributed by atoms with van der Waals surface area (Å²) in [5, 5.41) is 3.02. The molecule has 8 nitrogen and oxygen atoms in total. The molecule has 0 aliphatic carbocycles. The van der Waals surface area contributed by atoms with Gasteiger partial charge in [0.15, 0.2) is 5.76 Å². The van der Waals surface area contributed by atoms with Crippen LogP contribution < -0.4 is 21.7 Å². The highest BCUT2D eigenvalue weighted by Gasteiger charge is 2.13. The van der Waals surface area contributed by atoms with Crippen molar-refractivity contribution in [1.82, 2.24) is 15.4 Å². The van der Waals surface area contributed by atoms with Crippen molar-refractivity contribution in [2.45, 2.75) is 20.4 Å². The molecule has 1 aromatic carbocycles. The highest BCUT2D eigenvalue weighted by atomic mass is 16.4. The van der Waals surface area contributed by atoms with Crippen molar-refractivity contribution in [3.8, 4) is 0 Å². The molecule has 0 aliphatic heterocycles. The van der Waals surface area contributed by atoms with E-state index in [0.29, 0.717) is 5.76 Å². The van der Waals surface area contributed by atoms with Crippen LogP contribution in [0, 0.1) is 13.8 Å². The number of pyridine rings is 1. The molecule has 0 unspecified atom stereocenters. The molecule has 2 aromatic heterocycles. The maximum atomic E-state index is 12.1. The summed E-state index contributed by atoms with van der Waals surface area (Å²) >= 11 is 0. The summed E-state index contributed by atoms with van der Waals surface area (Å²) in [5.41, 5.74) is 7.49. The van der Waals surface area contributed by atoms with E-state index in [-0.39, 0.29) is 24.4 Å². The Labute approximate surface area is 167 Å². The molecule has 0 spiro atoms. The molecule has 0 atom stereocenters. The number of aryl methyl sites for hydroxylation is 2. The van der Waals surface area contributed by atoms with Crippen molar-refractivity contribution in [3.05, 3.63) is 87.7 Å². The van der Waals surface area contributed by atoms with Gasteiger partial charge >= 0.3 is 5.91 Å². The maximum Gasteiger partial charge on any atom is 0.305 e. The molecule has 29 heavy (non-hydrogen) atoms. The smallest absolute Gasteiger partial charge is 0.305 e. The topological polar surface area (TPSA) is 105 Å². The summed E-state index contributed by atoms with van der Waals surface area (Å²) in [7, 11) is 0. The Bertz CT molecular complexity index is 1080. The normalized spacial score (nSPS) is 10.4. The third kappa shape index (κ3) is 5.35. The molecular formula is C21H22N4O4. The second-order valence-corrected chi connectivity index (χ2v) is 6.61. The Kier molecular flexibility index (Phi) is 6.13. The first-order valence-corrected chi connectivity index (χ1v) is 9.07. The van der Waals surface area contributed by atoms with Gasteiger partial charge in [0, 0.05) is 18.0 Å². The van der Waals surface area contributed by atoms with E-state index >= 15 is 0 Å². The van der Waals surface area contributed by atoms with E-state index in [4.69, 9.17) is 4.42 Å². The highest BCUT2D eigenvalue weighted by molar-refractivity contribution is 5.93. The zero-order chi connectivity index (χ0) is 20.8. The molecule has 0 fully saturated rings. The number of carbonyl (C=O) groups is 2. The van der Waals surface area contributed by atoms with Gasteiger partial charge in [-0.3, -0.25) is 25.2 Å². The molecule has 0 saturated heterocycles. The number of benzene rings is 1. The van der Waals surface area contributed by atoms with Gasteiger partial charge in [0.25, 0.3) is 11.5 Å². The van der Waals surface area contributed by atoms with Crippen LogP contribution in [0.25, 0.3) is 0 Å². The number of anilines is 1. The number of amides is 2. The second kappa shape index (κ2) is 8.92. The largest absolute Gasteiger partial charge is 0.454 e. The van der Waals surface area contributed by atoms with Crippen molar-refractivity contribution < 1.29 is 14.0 Å². The highest BCUT2D eigenvalue weighted by Crippen LogP contribution is 2.15. The number of furan rings is 1. The fourth-order valence-corrected chi connectivity index (χ4v) is 2.76. The molecule has 3 N–H and O–H groups in total. The molecule has 0 bridgehead atoms. The molecule has 0 saturated carbocycles. The SMILES string of the molecule is Cc1ccc(NCC(=O)NNC(=O)c2ccc(Cn3ccccc3=O)o2)c(C)c1. The van der Waals surface area contributed by atoms with E-state index in [2.05, 4.69) is 16.2 Å². The predicted molar refractivity (Wildman–Crippen MR) is 109 cm³/mol. The fourth-order valence-electron chi connectivity index (χ4n) is 2.76. The minimum Gasteiger partial charge on any atom is -0.454 e. The number of nitrogens with zero attached hydrogens (tertiary/aromatic N) is 1. The first-order valence-electron chi connectivity index (χ1n) is 9.07. The lowest BCUT2D eigenvalue weighted by Crippen LogP contribution is -2.44.